The molecule has 0 saturated carbocycles. The number of carboxylic acid groups (broad SMARTS) is 1. The van der Waals surface area contributed by atoms with Crippen LogP contribution in [-0.4, -0.2) is 39.0 Å². The smallest absolute Gasteiger partial charge is 0.345 e. The zero-order valence-electron chi connectivity index (χ0n) is 16.3. The monoisotopic (exact) mass is 484 g/mol. The molecular formula is C21H18ClFO6S2. The van der Waals surface area contributed by atoms with Crippen molar-refractivity contribution < 1.29 is 31.6 Å². The third-order valence-electron chi connectivity index (χ3n) is 4.14. The largest absolute Gasteiger partial charge is 0.494 e. The van der Waals surface area contributed by atoms with Crippen LogP contribution in [0.1, 0.15) is 16.1 Å². The molecule has 0 saturated heterocycles. The van der Waals surface area contributed by atoms with Crippen molar-refractivity contribution >= 4 is 39.0 Å². The summed E-state index contributed by atoms with van der Waals surface area (Å²) in [6, 6.07) is 12.5. The first kappa shape index (κ1) is 23.2. The van der Waals surface area contributed by atoms with Gasteiger partial charge in [0.2, 0.25) is 0 Å². The fraction of sp³-hybridized carbons (Fsp3) is 0.190. The van der Waals surface area contributed by atoms with Crippen LogP contribution in [0.2, 0.25) is 5.02 Å². The Balaban J connectivity index is 1.80. The molecule has 0 spiro atoms. The number of aromatic carboxylic acids is 1. The lowest BCUT2D eigenvalue weighted by molar-refractivity contribution is 0.0702. The summed E-state index contributed by atoms with van der Waals surface area (Å²) in [6.07, 6.45) is 1.38. The maximum atomic E-state index is 13.4. The van der Waals surface area contributed by atoms with Crippen LogP contribution in [-0.2, 0) is 14.3 Å². The van der Waals surface area contributed by atoms with Gasteiger partial charge in [0.05, 0.1) is 24.5 Å². The highest BCUT2D eigenvalue weighted by molar-refractivity contribution is 7.85. The molecule has 0 aliphatic carbocycles. The van der Waals surface area contributed by atoms with Crippen LogP contribution >= 0.6 is 22.9 Å². The Labute approximate surface area is 187 Å². The molecule has 0 amide bonds. The molecule has 10 heteroatoms. The van der Waals surface area contributed by atoms with E-state index in [2.05, 4.69) is 4.18 Å². The van der Waals surface area contributed by atoms with Crippen molar-refractivity contribution in [1.29, 1.82) is 0 Å². The molecule has 0 bridgehead atoms. The van der Waals surface area contributed by atoms with Gasteiger partial charge in [-0.25, -0.2) is 9.18 Å². The zero-order valence-corrected chi connectivity index (χ0v) is 18.7. The van der Waals surface area contributed by atoms with Crippen molar-refractivity contribution in [3.8, 4) is 27.3 Å². The van der Waals surface area contributed by atoms with Crippen molar-refractivity contribution in [3.63, 3.8) is 0 Å². The van der Waals surface area contributed by atoms with E-state index < -0.39 is 21.9 Å². The third-order valence-corrected chi connectivity index (χ3v) is 6.20. The van der Waals surface area contributed by atoms with Crippen molar-refractivity contribution in [2.45, 2.75) is 6.42 Å². The average Bonchev–Trinajstić information content (AvgIpc) is 3.13. The number of benzene rings is 2. The predicted octanol–water partition coefficient (Wildman–Crippen LogP) is 5.32. The molecule has 1 heterocycles. The number of carbonyl (C=O) groups is 1. The minimum atomic E-state index is -3.47. The second kappa shape index (κ2) is 9.78. The topological polar surface area (TPSA) is 89.9 Å². The van der Waals surface area contributed by atoms with E-state index in [0.717, 1.165) is 23.2 Å². The van der Waals surface area contributed by atoms with E-state index in [9.17, 15) is 22.7 Å². The number of halogens is 2. The molecule has 1 aromatic heterocycles. The van der Waals surface area contributed by atoms with E-state index in [0.29, 0.717) is 28.2 Å². The van der Waals surface area contributed by atoms with Gasteiger partial charge in [0.25, 0.3) is 10.1 Å². The Bertz CT molecular complexity index is 1190. The van der Waals surface area contributed by atoms with E-state index in [1.807, 2.05) is 0 Å². The molecule has 3 aromatic rings. The maximum Gasteiger partial charge on any atom is 0.345 e. The van der Waals surface area contributed by atoms with Crippen LogP contribution in [0.3, 0.4) is 0 Å². The second-order valence-electron chi connectivity index (χ2n) is 6.54. The Morgan fingerprint density at radius 1 is 1.10 bits per heavy atom. The van der Waals surface area contributed by atoms with Gasteiger partial charge in [0.15, 0.2) is 0 Å². The lowest BCUT2D eigenvalue weighted by Gasteiger charge is -2.09. The number of ether oxygens (including phenoxy) is 1. The summed E-state index contributed by atoms with van der Waals surface area (Å²) in [5.74, 6) is -0.973. The van der Waals surface area contributed by atoms with E-state index in [1.54, 1.807) is 30.3 Å². The quantitative estimate of drug-likeness (QED) is 0.326. The van der Waals surface area contributed by atoms with Gasteiger partial charge in [-0.3, -0.25) is 4.18 Å². The first-order valence-electron chi connectivity index (χ1n) is 9.04. The molecular weight excluding hydrogens is 467 g/mol. The van der Waals surface area contributed by atoms with Crippen LogP contribution in [0.25, 0.3) is 21.6 Å². The number of rotatable bonds is 9. The standard InChI is InChI=1S/C21H18ClFO6S2/c1-31(26,27)29-10-2-9-28-15-6-3-13(4-7-15)17-12-19(21(24)25)30-20(17)16-8-5-14(23)11-18(16)22/h3-8,11-12H,2,9-10H2,1H3,(H,24,25). The lowest BCUT2D eigenvalue weighted by Crippen LogP contribution is -2.07. The van der Waals surface area contributed by atoms with Crippen LogP contribution in [0.5, 0.6) is 5.75 Å². The fourth-order valence-electron chi connectivity index (χ4n) is 2.77. The molecule has 0 unspecified atom stereocenters. The molecule has 1 N–H and O–H groups in total. The van der Waals surface area contributed by atoms with Crippen molar-refractivity contribution in [2.24, 2.45) is 0 Å². The number of carboxylic acids is 1. The van der Waals surface area contributed by atoms with Gasteiger partial charge in [-0.1, -0.05) is 23.7 Å². The Morgan fingerprint density at radius 3 is 2.42 bits per heavy atom. The summed E-state index contributed by atoms with van der Waals surface area (Å²) in [5.41, 5.74) is 1.94. The zero-order chi connectivity index (χ0) is 22.6. The second-order valence-corrected chi connectivity index (χ2v) is 9.64. The summed E-state index contributed by atoms with van der Waals surface area (Å²) in [5, 5.41) is 9.61. The summed E-state index contributed by atoms with van der Waals surface area (Å²) in [6.45, 7) is 0.304. The molecule has 31 heavy (non-hydrogen) atoms. The molecule has 0 aliphatic heterocycles. The molecule has 2 aromatic carbocycles. The molecule has 0 atom stereocenters. The Kier molecular flexibility index (Phi) is 7.32. The molecule has 164 valence electrons. The van der Waals surface area contributed by atoms with Crippen LogP contribution < -0.4 is 4.74 Å². The average molecular weight is 485 g/mol. The van der Waals surface area contributed by atoms with Crippen LogP contribution in [0.15, 0.2) is 48.5 Å². The molecule has 0 radical (unpaired) electrons. The summed E-state index contributed by atoms with van der Waals surface area (Å²) in [4.78, 5) is 12.3. The maximum absolute atomic E-state index is 13.4. The van der Waals surface area contributed by atoms with Gasteiger partial charge in [-0.15, -0.1) is 11.3 Å². The first-order valence-corrected chi connectivity index (χ1v) is 12.1. The normalized spacial score (nSPS) is 11.5. The van der Waals surface area contributed by atoms with Gasteiger partial charge >= 0.3 is 5.97 Å². The van der Waals surface area contributed by atoms with Crippen molar-refractivity contribution in [1.82, 2.24) is 0 Å². The SMILES string of the molecule is CS(=O)(=O)OCCCOc1ccc(-c2cc(C(=O)O)sc2-c2ccc(F)cc2Cl)cc1. The van der Waals surface area contributed by atoms with Gasteiger partial charge in [0.1, 0.15) is 16.4 Å². The summed E-state index contributed by atoms with van der Waals surface area (Å²) in [7, 11) is -3.47. The molecule has 0 aliphatic rings. The highest BCUT2D eigenvalue weighted by Crippen LogP contribution is 2.42. The number of hydrogen-bond donors (Lipinski definition) is 1. The van der Waals surface area contributed by atoms with Gasteiger partial charge < -0.3 is 9.84 Å². The minimum absolute atomic E-state index is 0.0333. The predicted molar refractivity (Wildman–Crippen MR) is 118 cm³/mol. The number of hydrogen-bond acceptors (Lipinski definition) is 6. The Morgan fingerprint density at radius 2 is 1.81 bits per heavy atom. The van der Waals surface area contributed by atoms with Gasteiger partial charge in [0, 0.05) is 22.4 Å². The molecule has 3 rings (SSSR count). The van der Waals surface area contributed by atoms with E-state index in [1.165, 1.54) is 18.2 Å². The van der Waals surface area contributed by atoms with E-state index >= 15 is 0 Å². The summed E-state index contributed by atoms with van der Waals surface area (Å²) < 4.78 is 45.5. The molecule has 6 nitrogen and oxygen atoms in total. The fourth-order valence-corrected chi connectivity index (χ4v) is 4.57. The van der Waals surface area contributed by atoms with Crippen molar-refractivity contribution in [3.05, 3.63) is 64.2 Å². The Hall–Kier alpha value is -2.46. The van der Waals surface area contributed by atoms with Gasteiger partial charge in [-0.05, 0) is 42.0 Å². The van der Waals surface area contributed by atoms with E-state index in [-0.39, 0.29) is 23.1 Å². The third kappa shape index (κ3) is 6.27. The summed E-state index contributed by atoms with van der Waals surface area (Å²) >= 11 is 7.26. The number of thiophene rings is 1. The van der Waals surface area contributed by atoms with Crippen LogP contribution in [0, 0.1) is 5.82 Å². The molecule has 0 fully saturated rings. The minimum Gasteiger partial charge on any atom is -0.494 e. The van der Waals surface area contributed by atoms with E-state index in [4.69, 9.17) is 16.3 Å². The van der Waals surface area contributed by atoms with Gasteiger partial charge in [-0.2, -0.15) is 8.42 Å². The highest BCUT2D eigenvalue weighted by atomic mass is 35.5. The lowest BCUT2D eigenvalue weighted by atomic mass is 10.0. The first-order chi connectivity index (χ1) is 14.6. The highest BCUT2D eigenvalue weighted by Gasteiger charge is 2.19. The van der Waals surface area contributed by atoms with Crippen LogP contribution in [0.4, 0.5) is 4.39 Å². The van der Waals surface area contributed by atoms with Crippen molar-refractivity contribution in [2.75, 3.05) is 19.5 Å².